The van der Waals surface area contributed by atoms with Gasteiger partial charge >= 0.3 is 22.3 Å². The zero-order valence-electron chi connectivity index (χ0n) is 21.2. The Balaban J connectivity index is 1.38. The number of hydrogen-bond donors (Lipinski definition) is 6. The Morgan fingerprint density at radius 3 is 2.51 bits per heavy atom. The second-order valence-corrected chi connectivity index (χ2v) is 11.8. The minimum Gasteiger partial charge on any atom is -0.504 e. The number of β-lactam (4-membered cyclic amide) rings is 1. The van der Waals surface area contributed by atoms with Crippen LogP contribution in [0.4, 0.5) is 9.59 Å². The number of urea groups is 2. The lowest BCUT2D eigenvalue weighted by molar-refractivity contribution is -0.144. The summed E-state index contributed by atoms with van der Waals surface area (Å²) in [5.41, 5.74) is 12.9. The van der Waals surface area contributed by atoms with Crippen LogP contribution in [0.5, 0.6) is 11.5 Å². The number of phenols is 2. The van der Waals surface area contributed by atoms with Crippen molar-refractivity contribution in [3.63, 3.8) is 0 Å². The van der Waals surface area contributed by atoms with Crippen LogP contribution in [0.15, 0.2) is 33.8 Å². The number of carbonyl (C=O) groups excluding carboxylic acids is 5. The predicted octanol–water partition coefficient (Wildman–Crippen LogP) is -2.72. The number of benzene rings is 1. The van der Waals surface area contributed by atoms with E-state index in [2.05, 4.69) is 9.95 Å². The van der Waals surface area contributed by atoms with E-state index in [4.69, 9.17) is 16.3 Å². The summed E-state index contributed by atoms with van der Waals surface area (Å²) in [5.74, 6) is -3.48. The maximum atomic E-state index is 12.9. The van der Waals surface area contributed by atoms with E-state index in [1.807, 2.05) is 0 Å². The fourth-order valence-corrected chi connectivity index (χ4v) is 6.61. The topological polar surface area (TPSA) is 271 Å². The van der Waals surface area contributed by atoms with Gasteiger partial charge in [0.25, 0.3) is 11.8 Å². The number of aromatic hydroxyl groups is 2. The number of carbonyl (C=O) groups is 5. The van der Waals surface area contributed by atoms with Crippen LogP contribution in [0.3, 0.4) is 0 Å². The molecule has 222 valence electrons. The number of primary amides is 1. The Bertz CT molecular complexity index is 1500. The minimum atomic E-state index is -4.81. The smallest absolute Gasteiger partial charge is 0.353 e. The number of imide groups is 1. The third-order valence-electron chi connectivity index (χ3n) is 6.06. The van der Waals surface area contributed by atoms with Crippen molar-refractivity contribution in [1.29, 1.82) is 0 Å². The molecule has 8 N–H and O–H groups in total. The van der Waals surface area contributed by atoms with Crippen molar-refractivity contribution in [3.8, 4) is 11.5 Å². The molecule has 3 heterocycles. The van der Waals surface area contributed by atoms with Gasteiger partial charge in [0, 0.05) is 16.7 Å². The van der Waals surface area contributed by atoms with Crippen molar-refractivity contribution in [2.24, 2.45) is 16.0 Å². The van der Waals surface area contributed by atoms with E-state index in [0.717, 1.165) is 18.2 Å². The number of nitrogens with one attached hydrogen (secondary N) is 2. The molecular formula is C20H25N9O10S2. The van der Waals surface area contributed by atoms with Crippen molar-refractivity contribution in [3.05, 3.63) is 34.9 Å². The first kappa shape index (κ1) is 29.5. The number of hydrogen-bond acceptors (Lipinski definition) is 13. The van der Waals surface area contributed by atoms with Gasteiger partial charge in [-0.1, -0.05) is 0 Å². The average Bonchev–Trinajstić information content (AvgIpc) is 3.39. The SMILES string of the molecule is CON=S1C=C(CC(N)=O)N(C2CN(C(=O)NS(=O)(=O)N3CCN(NC(=O)c4ccc(O)c(O)c4)C3=O)C2=O)C1N. The van der Waals surface area contributed by atoms with E-state index >= 15 is 0 Å². The quantitative estimate of drug-likeness (QED) is 0.0989. The Kier molecular flexibility index (Phi) is 8.05. The molecule has 3 aliphatic rings. The Morgan fingerprint density at radius 1 is 1.20 bits per heavy atom. The molecule has 2 fully saturated rings. The number of nitrogens with two attached hydrogens (primary N) is 2. The van der Waals surface area contributed by atoms with Crippen LogP contribution in [0.2, 0.25) is 0 Å². The lowest BCUT2D eigenvalue weighted by Gasteiger charge is -2.44. The van der Waals surface area contributed by atoms with Crippen molar-refractivity contribution in [1.82, 2.24) is 29.3 Å². The number of likely N-dealkylation sites (tertiary alicyclic amines) is 1. The normalized spacial score (nSPS) is 22.6. The lowest BCUT2D eigenvalue weighted by Crippen LogP contribution is -2.69. The zero-order valence-corrected chi connectivity index (χ0v) is 22.8. The summed E-state index contributed by atoms with van der Waals surface area (Å²) in [4.78, 5) is 68.8. The van der Waals surface area contributed by atoms with Gasteiger partial charge in [0.05, 0.1) is 33.2 Å². The maximum Gasteiger partial charge on any atom is 0.353 e. The van der Waals surface area contributed by atoms with Gasteiger partial charge in [0.15, 0.2) is 11.5 Å². The van der Waals surface area contributed by atoms with E-state index in [0.29, 0.717) is 15.6 Å². The summed E-state index contributed by atoms with van der Waals surface area (Å²) in [6, 6.07) is -0.420. The predicted molar refractivity (Wildman–Crippen MR) is 138 cm³/mol. The highest BCUT2D eigenvalue weighted by atomic mass is 32.2. The van der Waals surface area contributed by atoms with Gasteiger partial charge < -0.3 is 26.6 Å². The monoisotopic (exact) mass is 615 g/mol. The molecule has 0 saturated carbocycles. The maximum absolute atomic E-state index is 12.9. The number of nitrogens with zero attached hydrogens (tertiary/aromatic N) is 5. The highest BCUT2D eigenvalue weighted by molar-refractivity contribution is 7.90. The van der Waals surface area contributed by atoms with E-state index in [1.165, 1.54) is 17.4 Å². The van der Waals surface area contributed by atoms with Gasteiger partial charge in [0.2, 0.25) is 5.91 Å². The third-order valence-corrected chi connectivity index (χ3v) is 8.97. The van der Waals surface area contributed by atoms with Crippen molar-refractivity contribution < 1.29 is 47.4 Å². The molecule has 7 amide bonds. The fourth-order valence-electron chi connectivity index (χ4n) is 4.10. The van der Waals surface area contributed by atoms with Gasteiger partial charge in [-0.25, -0.2) is 28.5 Å². The van der Waals surface area contributed by atoms with Gasteiger partial charge in [-0.15, -0.1) is 4.53 Å². The van der Waals surface area contributed by atoms with E-state index in [1.54, 1.807) is 4.72 Å². The van der Waals surface area contributed by atoms with Gasteiger partial charge in [-0.05, 0) is 28.9 Å². The second kappa shape index (κ2) is 11.2. The molecule has 21 heteroatoms. The third kappa shape index (κ3) is 5.73. The molecular weight excluding hydrogens is 590 g/mol. The van der Waals surface area contributed by atoms with E-state index in [-0.39, 0.29) is 29.4 Å². The van der Waals surface area contributed by atoms with Crippen LogP contribution in [0.25, 0.3) is 0 Å². The zero-order chi connectivity index (χ0) is 30.2. The molecule has 3 unspecified atom stereocenters. The number of amides is 7. The molecule has 0 radical (unpaired) electrons. The standard InChI is InChI=1S/C20H25N9O10S2/c1-39-25-40-9-11(7-15(21)32)29(18(40)22)12-8-26(17(12)34)19(35)24-41(37,38)28-5-4-27(20(28)36)23-16(33)10-2-3-13(30)14(31)6-10/h2-3,6,9,12,18,30-31H,4-5,7-8,22H2,1H3,(H2,21,32)(H,23,33)(H,24,35). The number of hydrazine groups is 1. The van der Waals surface area contributed by atoms with Crippen LogP contribution >= 0.6 is 0 Å². The summed E-state index contributed by atoms with van der Waals surface area (Å²) >= 11 is 0. The first-order chi connectivity index (χ1) is 19.2. The molecule has 1 aromatic rings. The molecule has 0 aliphatic carbocycles. The fraction of sp³-hybridized carbons (Fsp3) is 0.350. The Labute approximate surface area is 234 Å². The molecule has 0 bridgehead atoms. The largest absolute Gasteiger partial charge is 0.504 e. The van der Waals surface area contributed by atoms with Crippen LogP contribution < -0.4 is 21.6 Å². The summed E-state index contributed by atoms with van der Waals surface area (Å²) in [6.45, 7) is -1.04. The van der Waals surface area contributed by atoms with Crippen LogP contribution in [0, 0.1) is 0 Å². The van der Waals surface area contributed by atoms with Crippen LogP contribution in [-0.4, -0.2) is 106 Å². The molecule has 2 saturated heterocycles. The molecule has 1 aromatic carbocycles. The summed E-state index contributed by atoms with van der Waals surface area (Å²) in [7, 11) is -4.56. The highest BCUT2D eigenvalue weighted by Crippen LogP contribution is 2.31. The molecule has 0 spiro atoms. The first-order valence-electron chi connectivity index (χ1n) is 11.5. The Hall–Kier alpha value is -4.47. The molecule has 4 rings (SSSR count). The van der Waals surface area contributed by atoms with Crippen LogP contribution in [0.1, 0.15) is 16.8 Å². The molecule has 3 atom stereocenters. The summed E-state index contributed by atoms with van der Waals surface area (Å²) in [5, 5.41) is 21.1. The Morgan fingerprint density at radius 2 is 1.90 bits per heavy atom. The second-order valence-electron chi connectivity index (χ2n) is 8.68. The summed E-state index contributed by atoms with van der Waals surface area (Å²) in [6.07, 6.45) is -0.265. The van der Waals surface area contributed by atoms with E-state index < -0.39 is 80.3 Å². The van der Waals surface area contributed by atoms with Gasteiger partial charge in [-0.3, -0.25) is 24.7 Å². The van der Waals surface area contributed by atoms with Crippen molar-refractivity contribution in [2.75, 3.05) is 26.7 Å². The molecule has 41 heavy (non-hydrogen) atoms. The van der Waals surface area contributed by atoms with Gasteiger partial charge in [-0.2, -0.15) is 8.42 Å². The molecule has 19 nitrogen and oxygen atoms in total. The highest BCUT2D eigenvalue weighted by Gasteiger charge is 2.50. The molecule has 3 aliphatic heterocycles. The minimum absolute atomic E-state index is 0.136. The van der Waals surface area contributed by atoms with Gasteiger partial charge in [0.1, 0.15) is 11.5 Å². The van der Waals surface area contributed by atoms with Crippen molar-refractivity contribution >= 4 is 50.7 Å². The van der Waals surface area contributed by atoms with E-state index in [9.17, 15) is 42.6 Å². The number of phenolic OH excluding ortho intramolecular Hbond substituents is 2. The molecule has 0 aromatic heterocycles. The lowest BCUT2D eigenvalue weighted by atomic mass is 10.1. The van der Waals surface area contributed by atoms with Crippen molar-refractivity contribution in [2.45, 2.75) is 18.0 Å². The average molecular weight is 616 g/mol. The first-order valence-corrected chi connectivity index (χ1v) is 14.3. The van der Waals surface area contributed by atoms with Crippen LogP contribution in [-0.2, 0) is 35.3 Å². The summed E-state index contributed by atoms with van der Waals surface area (Å²) < 4.78 is 31.3. The number of rotatable bonds is 8.